The van der Waals surface area contributed by atoms with Crippen LogP contribution < -0.4 is 0 Å². The van der Waals surface area contributed by atoms with E-state index >= 15 is 0 Å². The van der Waals surface area contributed by atoms with E-state index in [9.17, 15) is 8.78 Å². The Hall–Kier alpha value is -2.23. The van der Waals surface area contributed by atoms with E-state index in [1.165, 1.54) is 6.07 Å². The summed E-state index contributed by atoms with van der Waals surface area (Å²) in [5, 5.41) is 0. The van der Waals surface area contributed by atoms with Gasteiger partial charge in [0, 0.05) is 11.3 Å². The van der Waals surface area contributed by atoms with Crippen LogP contribution in [-0.4, -0.2) is 9.38 Å². The van der Waals surface area contributed by atoms with Crippen LogP contribution in [0.25, 0.3) is 16.9 Å². The lowest BCUT2D eigenvalue weighted by Crippen LogP contribution is -1.95. The summed E-state index contributed by atoms with van der Waals surface area (Å²) in [6.45, 7) is 3.96. The maximum absolute atomic E-state index is 13.3. The van der Waals surface area contributed by atoms with Gasteiger partial charge in [0.05, 0.1) is 11.9 Å². The quantitative estimate of drug-likeness (QED) is 0.647. The summed E-state index contributed by atoms with van der Waals surface area (Å²) in [5.41, 5.74) is 4.29. The second kappa shape index (κ2) is 4.16. The van der Waals surface area contributed by atoms with Crippen molar-refractivity contribution in [3.8, 4) is 11.3 Å². The topological polar surface area (TPSA) is 17.3 Å². The summed E-state index contributed by atoms with van der Waals surface area (Å²) in [6.07, 6.45) is 1.68. The molecule has 0 N–H and O–H groups in total. The van der Waals surface area contributed by atoms with Gasteiger partial charge < -0.3 is 0 Å². The summed E-state index contributed by atoms with van der Waals surface area (Å²) in [6, 6.07) is 7.86. The SMILES string of the molecule is Cc1cc(C)n2c(-c3ccc(F)c(F)c3)cnc2c1. The first-order valence-corrected chi connectivity index (χ1v) is 5.96. The maximum atomic E-state index is 13.3. The highest BCUT2D eigenvalue weighted by atomic mass is 19.2. The average molecular weight is 258 g/mol. The van der Waals surface area contributed by atoms with Gasteiger partial charge in [0.15, 0.2) is 11.6 Å². The molecule has 0 aliphatic heterocycles. The Kier molecular flexibility index (Phi) is 2.59. The predicted octanol–water partition coefficient (Wildman–Crippen LogP) is 3.90. The van der Waals surface area contributed by atoms with Crippen LogP contribution in [0.4, 0.5) is 8.78 Å². The van der Waals surface area contributed by atoms with Crippen molar-refractivity contribution in [2.24, 2.45) is 0 Å². The highest BCUT2D eigenvalue weighted by Gasteiger charge is 2.10. The Bertz CT molecular complexity index is 775. The zero-order chi connectivity index (χ0) is 13.6. The third-order valence-electron chi connectivity index (χ3n) is 3.15. The smallest absolute Gasteiger partial charge is 0.159 e. The molecule has 1 aromatic carbocycles. The lowest BCUT2D eigenvalue weighted by atomic mass is 10.1. The highest BCUT2D eigenvalue weighted by Crippen LogP contribution is 2.24. The number of benzene rings is 1. The van der Waals surface area contributed by atoms with Crippen molar-refractivity contribution in [3.63, 3.8) is 0 Å². The fraction of sp³-hybridized carbons (Fsp3) is 0.133. The van der Waals surface area contributed by atoms with Crippen molar-refractivity contribution in [2.75, 3.05) is 0 Å². The largest absolute Gasteiger partial charge is 0.297 e. The second-order valence-electron chi connectivity index (χ2n) is 4.64. The number of hydrogen-bond donors (Lipinski definition) is 0. The minimum Gasteiger partial charge on any atom is -0.297 e. The minimum absolute atomic E-state index is 0.610. The summed E-state index contributed by atoms with van der Waals surface area (Å²) in [4.78, 5) is 4.32. The van der Waals surface area contributed by atoms with Crippen LogP contribution in [0.3, 0.4) is 0 Å². The molecule has 3 aromatic rings. The van der Waals surface area contributed by atoms with Gasteiger partial charge in [-0.3, -0.25) is 4.40 Å². The average Bonchev–Trinajstić information content (AvgIpc) is 2.76. The molecule has 2 heterocycles. The molecular weight excluding hydrogens is 246 g/mol. The first-order chi connectivity index (χ1) is 9.06. The molecule has 0 aliphatic rings. The molecule has 2 aromatic heterocycles. The van der Waals surface area contributed by atoms with Crippen molar-refractivity contribution in [2.45, 2.75) is 13.8 Å². The van der Waals surface area contributed by atoms with E-state index in [2.05, 4.69) is 4.98 Å². The van der Waals surface area contributed by atoms with Crippen LogP contribution in [0.5, 0.6) is 0 Å². The molecule has 0 aliphatic carbocycles. The molecule has 19 heavy (non-hydrogen) atoms. The predicted molar refractivity (Wildman–Crippen MR) is 70.0 cm³/mol. The zero-order valence-corrected chi connectivity index (χ0v) is 10.6. The molecule has 0 saturated carbocycles. The van der Waals surface area contributed by atoms with Crippen LogP contribution in [0.2, 0.25) is 0 Å². The number of imidazole rings is 1. The van der Waals surface area contributed by atoms with E-state index in [1.54, 1.807) is 12.3 Å². The van der Waals surface area contributed by atoms with E-state index in [0.717, 1.165) is 28.7 Å². The molecular formula is C15H12F2N2. The number of fused-ring (bicyclic) bond motifs is 1. The maximum Gasteiger partial charge on any atom is 0.159 e. The second-order valence-corrected chi connectivity index (χ2v) is 4.64. The number of nitrogens with zero attached hydrogens (tertiary/aromatic N) is 2. The number of halogens is 2. The van der Waals surface area contributed by atoms with Crippen LogP contribution in [-0.2, 0) is 0 Å². The van der Waals surface area contributed by atoms with Gasteiger partial charge >= 0.3 is 0 Å². The van der Waals surface area contributed by atoms with E-state index in [1.807, 2.05) is 30.4 Å². The van der Waals surface area contributed by atoms with Crippen molar-refractivity contribution < 1.29 is 8.78 Å². The van der Waals surface area contributed by atoms with Crippen LogP contribution in [0.15, 0.2) is 36.5 Å². The van der Waals surface area contributed by atoms with Crippen LogP contribution in [0.1, 0.15) is 11.3 Å². The summed E-state index contributed by atoms with van der Waals surface area (Å²) in [7, 11) is 0. The number of aryl methyl sites for hydroxylation is 2. The Morgan fingerprint density at radius 1 is 1.00 bits per heavy atom. The van der Waals surface area contributed by atoms with Gasteiger partial charge in [-0.25, -0.2) is 13.8 Å². The van der Waals surface area contributed by atoms with Gasteiger partial charge in [-0.1, -0.05) is 0 Å². The monoisotopic (exact) mass is 258 g/mol. The normalized spacial score (nSPS) is 11.2. The fourth-order valence-electron chi connectivity index (χ4n) is 2.34. The van der Waals surface area contributed by atoms with Crippen molar-refractivity contribution in [3.05, 3.63) is 59.4 Å². The molecule has 4 heteroatoms. The standard InChI is InChI=1S/C15H12F2N2/c1-9-5-10(2)19-14(8-18-15(19)6-9)11-3-4-12(16)13(17)7-11/h3-8H,1-2H3. The van der Waals surface area contributed by atoms with E-state index in [0.29, 0.717) is 5.56 Å². The third-order valence-corrected chi connectivity index (χ3v) is 3.15. The number of pyridine rings is 1. The van der Waals surface area contributed by atoms with Gasteiger partial charge in [0.2, 0.25) is 0 Å². The molecule has 0 fully saturated rings. The van der Waals surface area contributed by atoms with Crippen LogP contribution >= 0.6 is 0 Å². The Morgan fingerprint density at radius 2 is 1.79 bits per heavy atom. The first kappa shape index (κ1) is 11.8. The Morgan fingerprint density at radius 3 is 2.53 bits per heavy atom. The van der Waals surface area contributed by atoms with Gasteiger partial charge in [-0.05, 0) is 49.7 Å². The number of aromatic nitrogens is 2. The van der Waals surface area contributed by atoms with Gasteiger partial charge in [-0.15, -0.1) is 0 Å². The van der Waals surface area contributed by atoms with Gasteiger partial charge in [0.1, 0.15) is 5.65 Å². The molecule has 0 atom stereocenters. The number of rotatable bonds is 1. The van der Waals surface area contributed by atoms with Gasteiger partial charge in [-0.2, -0.15) is 0 Å². The molecule has 0 radical (unpaired) electrons. The van der Waals surface area contributed by atoms with Crippen LogP contribution in [0, 0.1) is 25.5 Å². The molecule has 0 unspecified atom stereocenters. The van der Waals surface area contributed by atoms with Gasteiger partial charge in [0.25, 0.3) is 0 Å². The molecule has 0 spiro atoms. The Labute approximate surface area is 109 Å². The molecule has 96 valence electrons. The third kappa shape index (κ3) is 1.89. The highest BCUT2D eigenvalue weighted by molar-refractivity contribution is 5.64. The summed E-state index contributed by atoms with van der Waals surface area (Å²) < 4.78 is 28.3. The fourth-order valence-corrected chi connectivity index (χ4v) is 2.34. The molecule has 0 amide bonds. The molecule has 2 nitrogen and oxygen atoms in total. The Balaban J connectivity index is 2.28. The van der Waals surface area contributed by atoms with Crippen molar-refractivity contribution in [1.82, 2.24) is 9.38 Å². The molecule has 0 bridgehead atoms. The van der Waals surface area contributed by atoms with E-state index in [-0.39, 0.29) is 0 Å². The first-order valence-electron chi connectivity index (χ1n) is 5.96. The minimum atomic E-state index is -0.850. The lowest BCUT2D eigenvalue weighted by molar-refractivity contribution is 0.509. The lowest BCUT2D eigenvalue weighted by Gasteiger charge is -2.07. The molecule has 0 saturated heterocycles. The van der Waals surface area contributed by atoms with E-state index in [4.69, 9.17) is 0 Å². The van der Waals surface area contributed by atoms with Crippen molar-refractivity contribution in [1.29, 1.82) is 0 Å². The van der Waals surface area contributed by atoms with Crippen molar-refractivity contribution >= 4 is 5.65 Å². The summed E-state index contributed by atoms with van der Waals surface area (Å²) in [5.74, 6) is -1.69. The zero-order valence-electron chi connectivity index (χ0n) is 10.6. The number of hydrogen-bond acceptors (Lipinski definition) is 1. The van der Waals surface area contributed by atoms with E-state index < -0.39 is 11.6 Å². The summed E-state index contributed by atoms with van der Waals surface area (Å²) >= 11 is 0. The molecule has 3 rings (SSSR count).